The number of hydrogen-bond donors (Lipinski definition) is 2. The minimum Gasteiger partial charge on any atom is -0.301 e. The standard InChI is InChI=1S/C15H23O6P/c1-14(2,3)10-7-8-11(12(9-10)15(4,5)6)13(16)20-21-22(17,18)19/h7-9H,1-6H3,(H2,17,18,19). The molecule has 0 aliphatic carbocycles. The van der Waals surface area contributed by atoms with Gasteiger partial charge in [-0.05, 0) is 28.0 Å². The number of rotatable bonds is 3. The zero-order chi connectivity index (χ0) is 17.3. The Labute approximate surface area is 130 Å². The van der Waals surface area contributed by atoms with E-state index in [0.29, 0.717) is 0 Å². The van der Waals surface area contributed by atoms with Crippen molar-refractivity contribution in [1.82, 2.24) is 0 Å². The Hall–Kier alpha value is -1.20. The SMILES string of the molecule is CC(C)(C)c1ccc(C(=O)OOP(=O)(O)O)c(C(C)(C)C)c1. The first-order valence-electron chi connectivity index (χ1n) is 6.83. The van der Waals surface area contributed by atoms with Gasteiger partial charge in [-0.3, -0.25) is 4.89 Å². The van der Waals surface area contributed by atoms with E-state index in [4.69, 9.17) is 9.79 Å². The van der Waals surface area contributed by atoms with Gasteiger partial charge in [-0.25, -0.2) is 9.36 Å². The van der Waals surface area contributed by atoms with Crippen molar-refractivity contribution in [2.45, 2.75) is 52.4 Å². The summed E-state index contributed by atoms with van der Waals surface area (Å²) in [7, 11) is -4.87. The average Bonchev–Trinajstić information content (AvgIpc) is 2.32. The Morgan fingerprint density at radius 2 is 1.59 bits per heavy atom. The Morgan fingerprint density at radius 1 is 1.05 bits per heavy atom. The van der Waals surface area contributed by atoms with Crippen molar-refractivity contribution < 1.29 is 28.7 Å². The van der Waals surface area contributed by atoms with E-state index >= 15 is 0 Å². The molecule has 2 N–H and O–H groups in total. The summed E-state index contributed by atoms with van der Waals surface area (Å²) < 4.78 is 14.5. The molecule has 0 aliphatic rings. The van der Waals surface area contributed by atoms with Crippen LogP contribution < -0.4 is 0 Å². The van der Waals surface area contributed by atoms with E-state index in [0.717, 1.165) is 11.1 Å². The first kappa shape index (κ1) is 18.8. The maximum atomic E-state index is 12.0. The molecular formula is C15H23O6P. The summed E-state index contributed by atoms with van der Waals surface area (Å²) in [5.74, 6) is -0.936. The Balaban J connectivity index is 3.25. The average molecular weight is 330 g/mol. The molecule has 6 nitrogen and oxygen atoms in total. The summed E-state index contributed by atoms with van der Waals surface area (Å²) >= 11 is 0. The number of phosphoric acid groups is 1. The Bertz CT molecular complexity index is 603. The topological polar surface area (TPSA) is 93.1 Å². The van der Waals surface area contributed by atoms with Gasteiger partial charge in [-0.15, -0.1) is 0 Å². The third-order valence-corrected chi connectivity index (χ3v) is 3.39. The fourth-order valence-electron chi connectivity index (χ4n) is 1.94. The molecule has 0 spiro atoms. The largest absolute Gasteiger partial charge is 0.505 e. The molecule has 22 heavy (non-hydrogen) atoms. The van der Waals surface area contributed by atoms with Crippen LogP contribution in [0, 0.1) is 0 Å². The number of carbonyl (C=O) groups excluding carboxylic acids is 1. The summed E-state index contributed by atoms with van der Waals surface area (Å²) in [5, 5.41) is 0. The predicted octanol–water partition coefficient (Wildman–Crippen LogP) is 3.46. The van der Waals surface area contributed by atoms with Gasteiger partial charge in [0.2, 0.25) is 0 Å². The Morgan fingerprint density at radius 3 is 2.00 bits per heavy atom. The van der Waals surface area contributed by atoms with Crippen LogP contribution in [0.5, 0.6) is 0 Å². The molecule has 124 valence electrons. The van der Waals surface area contributed by atoms with Crippen LogP contribution in [0.3, 0.4) is 0 Å². The van der Waals surface area contributed by atoms with Gasteiger partial charge in [0.1, 0.15) is 0 Å². The smallest absolute Gasteiger partial charge is 0.301 e. The molecule has 0 aliphatic heterocycles. The van der Waals surface area contributed by atoms with Gasteiger partial charge in [-0.2, -0.15) is 0 Å². The summed E-state index contributed by atoms with van der Waals surface area (Å²) in [5.41, 5.74) is 1.54. The van der Waals surface area contributed by atoms with Crippen LogP contribution in [0.25, 0.3) is 0 Å². The molecular weight excluding hydrogens is 307 g/mol. The van der Waals surface area contributed by atoms with Gasteiger partial charge in [-0.1, -0.05) is 58.3 Å². The van der Waals surface area contributed by atoms with Crippen molar-refractivity contribution in [3.63, 3.8) is 0 Å². The monoisotopic (exact) mass is 330 g/mol. The molecule has 0 amide bonds. The summed E-state index contributed by atoms with van der Waals surface area (Å²) in [6, 6.07) is 5.30. The highest BCUT2D eigenvalue weighted by molar-refractivity contribution is 7.46. The summed E-state index contributed by atoms with van der Waals surface area (Å²) in [6.45, 7) is 12.0. The number of carbonyl (C=O) groups is 1. The lowest BCUT2D eigenvalue weighted by atomic mass is 9.78. The van der Waals surface area contributed by atoms with Crippen LogP contribution in [-0.2, 0) is 25.0 Å². The van der Waals surface area contributed by atoms with Gasteiger partial charge < -0.3 is 9.79 Å². The highest BCUT2D eigenvalue weighted by atomic mass is 31.2. The third-order valence-electron chi connectivity index (χ3n) is 3.12. The molecule has 0 radical (unpaired) electrons. The van der Waals surface area contributed by atoms with Crippen LogP contribution in [0.1, 0.15) is 63.0 Å². The molecule has 0 heterocycles. The second kappa shape index (κ2) is 6.13. The molecule has 7 heteroatoms. The zero-order valence-electron chi connectivity index (χ0n) is 13.7. The van der Waals surface area contributed by atoms with E-state index < -0.39 is 13.8 Å². The molecule has 0 bridgehead atoms. The van der Waals surface area contributed by atoms with Crippen molar-refractivity contribution in [3.05, 3.63) is 34.9 Å². The first-order chi connectivity index (χ1) is 9.72. The highest BCUT2D eigenvalue weighted by Gasteiger charge is 2.27. The Kier molecular flexibility index (Phi) is 5.25. The summed E-state index contributed by atoms with van der Waals surface area (Å²) in [4.78, 5) is 33.5. The van der Waals surface area contributed by atoms with Crippen molar-refractivity contribution >= 4 is 13.8 Å². The number of hydrogen-bond acceptors (Lipinski definition) is 4. The lowest BCUT2D eigenvalue weighted by Gasteiger charge is -2.26. The van der Waals surface area contributed by atoms with Crippen LogP contribution in [0.15, 0.2) is 18.2 Å². The van der Waals surface area contributed by atoms with Gasteiger partial charge in [0.05, 0.1) is 5.56 Å². The van der Waals surface area contributed by atoms with Crippen LogP contribution in [0.2, 0.25) is 0 Å². The first-order valence-corrected chi connectivity index (χ1v) is 8.36. The van der Waals surface area contributed by atoms with E-state index in [9.17, 15) is 9.36 Å². The van der Waals surface area contributed by atoms with Gasteiger partial charge >= 0.3 is 13.8 Å². The third kappa shape index (κ3) is 5.21. The van der Waals surface area contributed by atoms with Gasteiger partial charge in [0.15, 0.2) is 0 Å². The molecule has 0 saturated heterocycles. The molecule has 1 rings (SSSR count). The zero-order valence-corrected chi connectivity index (χ0v) is 14.6. The molecule has 0 fully saturated rings. The maximum absolute atomic E-state index is 12.0. The van der Waals surface area contributed by atoms with Gasteiger partial charge in [0.25, 0.3) is 0 Å². The molecule has 0 atom stereocenters. The van der Waals surface area contributed by atoms with E-state index in [2.05, 4.69) is 30.3 Å². The van der Waals surface area contributed by atoms with E-state index in [1.807, 2.05) is 26.8 Å². The number of benzene rings is 1. The van der Waals surface area contributed by atoms with Gasteiger partial charge in [0, 0.05) is 0 Å². The van der Waals surface area contributed by atoms with Crippen LogP contribution in [-0.4, -0.2) is 15.8 Å². The molecule has 0 aromatic heterocycles. The lowest BCUT2D eigenvalue weighted by Crippen LogP contribution is -2.21. The fourth-order valence-corrected chi connectivity index (χ4v) is 2.10. The van der Waals surface area contributed by atoms with E-state index in [1.165, 1.54) is 0 Å². The minimum atomic E-state index is -4.87. The van der Waals surface area contributed by atoms with E-state index in [-0.39, 0.29) is 16.4 Å². The van der Waals surface area contributed by atoms with Crippen molar-refractivity contribution in [2.24, 2.45) is 0 Å². The fraction of sp³-hybridized carbons (Fsp3) is 0.533. The summed E-state index contributed by atoms with van der Waals surface area (Å²) in [6.07, 6.45) is 0. The maximum Gasteiger partial charge on any atom is 0.505 e. The second-order valence-electron chi connectivity index (χ2n) is 7.20. The van der Waals surface area contributed by atoms with Crippen molar-refractivity contribution in [3.8, 4) is 0 Å². The predicted molar refractivity (Wildman–Crippen MR) is 82.4 cm³/mol. The van der Waals surface area contributed by atoms with Crippen LogP contribution in [0.4, 0.5) is 0 Å². The van der Waals surface area contributed by atoms with Crippen molar-refractivity contribution in [2.75, 3.05) is 0 Å². The van der Waals surface area contributed by atoms with Crippen LogP contribution >= 0.6 is 7.82 Å². The lowest BCUT2D eigenvalue weighted by molar-refractivity contribution is -0.166. The quantitative estimate of drug-likeness (QED) is 0.501. The second-order valence-corrected chi connectivity index (χ2v) is 8.33. The normalized spacial score (nSPS) is 13.1. The highest BCUT2D eigenvalue weighted by Crippen LogP contribution is 2.37. The molecule has 0 unspecified atom stereocenters. The minimum absolute atomic E-state index is 0.0924. The van der Waals surface area contributed by atoms with Crippen molar-refractivity contribution in [1.29, 1.82) is 0 Å². The van der Waals surface area contributed by atoms with E-state index in [1.54, 1.807) is 12.1 Å². The molecule has 0 saturated carbocycles. The molecule has 1 aromatic rings. The molecule has 1 aromatic carbocycles.